The summed E-state index contributed by atoms with van der Waals surface area (Å²) in [6.45, 7) is 3.79. The number of rotatable bonds is 6. The van der Waals surface area contributed by atoms with E-state index in [9.17, 15) is 4.39 Å². The maximum absolute atomic E-state index is 13.0. The fraction of sp³-hybridized carbons (Fsp3) is 0.263. The molecule has 0 unspecified atom stereocenters. The van der Waals surface area contributed by atoms with Crippen LogP contribution in [0.15, 0.2) is 48.0 Å². The lowest BCUT2D eigenvalue weighted by Gasteiger charge is -2.26. The number of fused-ring (bicyclic) bond motifs is 1. The van der Waals surface area contributed by atoms with Crippen molar-refractivity contribution in [2.24, 2.45) is 0 Å². The van der Waals surface area contributed by atoms with Gasteiger partial charge in [-0.3, -0.25) is 4.90 Å². The van der Waals surface area contributed by atoms with Gasteiger partial charge in [0.2, 0.25) is 11.8 Å². The highest BCUT2D eigenvalue weighted by atomic mass is 32.1. The van der Waals surface area contributed by atoms with Gasteiger partial charge in [-0.15, -0.1) is 11.3 Å². The van der Waals surface area contributed by atoms with Crippen molar-refractivity contribution in [2.75, 3.05) is 25.0 Å². The molecule has 0 bridgehead atoms. The Balaban J connectivity index is 1.29. The Morgan fingerprint density at radius 3 is 2.96 bits per heavy atom. The average molecular weight is 370 g/mol. The lowest BCUT2D eigenvalue weighted by atomic mass is 10.1. The van der Waals surface area contributed by atoms with Gasteiger partial charge in [0.25, 0.3) is 0 Å². The Hall–Kier alpha value is -2.51. The van der Waals surface area contributed by atoms with E-state index in [0.29, 0.717) is 17.6 Å². The maximum atomic E-state index is 13.0. The Kier molecular flexibility index (Phi) is 5.08. The summed E-state index contributed by atoms with van der Waals surface area (Å²) >= 11 is 1.85. The fourth-order valence-corrected chi connectivity index (χ4v) is 3.82. The van der Waals surface area contributed by atoms with Crippen molar-refractivity contribution in [2.45, 2.75) is 13.0 Å². The van der Waals surface area contributed by atoms with Crippen LogP contribution in [-0.4, -0.2) is 34.5 Å². The molecule has 0 spiro atoms. The monoisotopic (exact) mass is 370 g/mol. The number of hydrogen-bond donors (Lipinski definition) is 1. The first-order valence-corrected chi connectivity index (χ1v) is 9.42. The number of aromatic nitrogens is 2. The van der Waals surface area contributed by atoms with Crippen LogP contribution in [0.3, 0.4) is 0 Å². The smallest absolute Gasteiger partial charge is 0.226 e. The second kappa shape index (κ2) is 7.80. The molecule has 0 saturated heterocycles. The number of anilines is 1. The molecular weight excluding hydrogens is 351 g/mol. The molecule has 5 nitrogen and oxygen atoms in total. The first kappa shape index (κ1) is 16.9. The minimum atomic E-state index is -0.297. The summed E-state index contributed by atoms with van der Waals surface area (Å²) < 4.78 is 18.6. The molecule has 1 N–H and O–H groups in total. The highest BCUT2D eigenvalue weighted by molar-refractivity contribution is 7.10. The van der Waals surface area contributed by atoms with Gasteiger partial charge in [-0.25, -0.2) is 9.37 Å². The third-order valence-corrected chi connectivity index (χ3v) is 5.29. The van der Waals surface area contributed by atoms with E-state index in [-0.39, 0.29) is 5.82 Å². The fourth-order valence-electron chi connectivity index (χ4n) is 2.93. The van der Waals surface area contributed by atoms with Gasteiger partial charge in [-0.2, -0.15) is 4.98 Å². The summed E-state index contributed by atoms with van der Waals surface area (Å²) in [7, 11) is 0. The number of thiophene rings is 1. The quantitative estimate of drug-likeness (QED) is 0.712. The standard InChI is InChI=1S/C19H19FN4OS/c20-15-1-3-16(4-2-15)25-18-5-8-21-19(23-18)22-9-11-24-10-6-17-14(13-24)7-12-26-17/h1-5,7-8,12H,6,9-11,13H2,(H,21,22,23). The van der Waals surface area contributed by atoms with E-state index in [1.54, 1.807) is 24.4 Å². The van der Waals surface area contributed by atoms with Crippen LogP contribution < -0.4 is 10.1 Å². The Morgan fingerprint density at radius 2 is 2.08 bits per heavy atom. The second-order valence-corrected chi connectivity index (χ2v) is 7.10. The Morgan fingerprint density at radius 1 is 1.19 bits per heavy atom. The van der Waals surface area contributed by atoms with Crippen LogP contribution >= 0.6 is 11.3 Å². The lowest BCUT2D eigenvalue weighted by molar-refractivity contribution is 0.266. The van der Waals surface area contributed by atoms with Gasteiger partial charge >= 0.3 is 0 Å². The van der Waals surface area contributed by atoms with Gasteiger partial charge in [-0.1, -0.05) is 0 Å². The van der Waals surface area contributed by atoms with E-state index in [0.717, 1.165) is 32.6 Å². The summed E-state index contributed by atoms with van der Waals surface area (Å²) in [4.78, 5) is 12.5. The number of halogens is 1. The van der Waals surface area contributed by atoms with Crippen molar-refractivity contribution in [1.82, 2.24) is 14.9 Å². The molecule has 1 aliphatic heterocycles. The van der Waals surface area contributed by atoms with Crippen LogP contribution in [0.4, 0.5) is 10.3 Å². The first-order valence-electron chi connectivity index (χ1n) is 8.54. The van der Waals surface area contributed by atoms with Crippen molar-refractivity contribution >= 4 is 17.3 Å². The van der Waals surface area contributed by atoms with Crippen molar-refractivity contribution in [3.05, 3.63) is 64.2 Å². The van der Waals surface area contributed by atoms with Gasteiger partial charge in [-0.05, 0) is 47.7 Å². The third-order valence-electron chi connectivity index (χ3n) is 4.26. The zero-order valence-corrected chi connectivity index (χ0v) is 15.0. The molecule has 0 aliphatic carbocycles. The summed E-state index contributed by atoms with van der Waals surface area (Å²) in [5, 5.41) is 5.42. The molecule has 0 radical (unpaired) electrons. The van der Waals surface area contributed by atoms with E-state index in [2.05, 4.69) is 31.6 Å². The molecule has 134 valence electrons. The zero-order valence-electron chi connectivity index (χ0n) is 14.2. The minimum absolute atomic E-state index is 0.297. The van der Waals surface area contributed by atoms with E-state index in [1.807, 2.05) is 11.3 Å². The Bertz CT molecular complexity index is 868. The highest BCUT2D eigenvalue weighted by Gasteiger charge is 2.16. The van der Waals surface area contributed by atoms with Crippen LogP contribution in [0.2, 0.25) is 0 Å². The van der Waals surface area contributed by atoms with Crippen LogP contribution in [-0.2, 0) is 13.0 Å². The van der Waals surface area contributed by atoms with Crippen molar-refractivity contribution in [3.63, 3.8) is 0 Å². The van der Waals surface area contributed by atoms with Crippen molar-refractivity contribution < 1.29 is 9.13 Å². The molecule has 1 aromatic carbocycles. The number of benzene rings is 1. The van der Waals surface area contributed by atoms with E-state index < -0.39 is 0 Å². The minimum Gasteiger partial charge on any atom is -0.439 e. The molecule has 7 heteroatoms. The third kappa shape index (κ3) is 4.17. The number of nitrogens with one attached hydrogen (secondary N) is 1. The van der Waals surface area contributed by atoms with Gasteiger partial charge in [0, 0.05) is 43.3 Å². The molecule has 0 amide bonds. The molecule has 3 heterocycles. The van der Waals surface area contributed by atoms with E-state index >= 15 is 0 Å². The zero-order chi connectivity index (χ0) is 17.8. The molecule has 2 aromatic heterocycles. The van der Waals surface area contributed by atoms with Crippen LogP contribution in [0.1, 0.15) is 10.4 Å². The SMILES string of the molecule is Fc1ccc(Oc2ccnc(NCCN3CCc4sccc4C3)n2)cc1. The number of hydrogen-bond acceptors (Lipinski definition) is 6. The predicted molar refractivity (Wildman–Crippen MR) is 100 cm³/mol. The predicted octanol–water partition coefficient (Wildman–Crippen LogP) is 3.94. The first-order chi connectivity index (χ1) is 12.8. The maximum Gasteiger partial charge on any atom is 0.226 e. The largest absolute Gasteiger partial charge is 0.439 e. The normalized spacial score (nSPS) is 14.0. The van der Waals surface area contributed by atoms with Crippen LogP contribution in [0, 0.1) is 5.82 Å². The summed E-state index contributed by atoms with van der Waals surface area (Å²) in [5.74, 6) is 1.19. The van der Waals surface area contributed by atoms with Crippen molar-refractivity contribution in [3.8, 4) is 11.6 Å². The second-order valence-electron chi connectivity index (χ2n) is 6.10. The topological polar surface area (TPSA) is 50.3 Å². The number of ether oxygens (including phenoxy) is 1. The van der Waals surface area contributed by atoms with Crippen LogP contribution in [0.5, 0.6) is 11.6 Å². The number of nitrogens with zero attached hydrogens (tertiary/aromatic N) is 3. The Labute approximate surface area is 155 Å². The summed E-state index contributed by atoms with van der Waals surface area (Å²) in [5.41, 5.74) is 1.45. The van der Waals surface area contributed by atoms with E-state index in [4.69, 9.17) is 4.74 Å². The average Bonchev–Trinajstić information content (AvgIpc) is 3.12. The van der Waals surface area contributed by atoms with E-state index in [1.165, 1.54) is 22.6 Å². The van der Waals surface area contributed by atoms with Gasteiger partial charge < -0.3 is 10.1 Å². The molecule has 4 rings (SSSR count). The van der Waals surface area contributed by atoms with Crippen LogP contribution in [0.25, 0.3) is 0 Å². The van der Waals surface area contributed by atoms with Gasteiger partial charge in [0.1, 0.15) is 11.6 Å². The molecule has 0 saturated carbocycles. The molecule has 26 heavy (non-hydrogen) atoms. The summed E-state index contributed by atoms with van der Waals surface area (Å²) in [6.07, 6.45) is 2.78. The molecular formula is C19H19FN4OS. The lowest BCUT2D eigenvalue weighted by Crippen LogP contribution is -2.33. The highest BCUT2D eigenvalue weighted by Crippen LogP contribution is 2.24. The molecule has 1 aliphatic rings. The molecule has 3 aromatic rings. The van der Waals surface area contributed by atoms with Gasteiger partial charge in [0.05, 0.1) is 0 Å². The summed E-state index contributed by atoms with van der Waals surface area (Å²) in [6, 6.07) is 9.75. The molecule has 0 fully saturated rings. The molecule has 0 atom stereocenters. The van der Waals surface area contributed by atoms with Crippen molar-refractivity contribution in [1.29, 1.82) is 0 Å². The van der Waals surface area contributed by atoms with Gasteiger partial charge in [0.15, 0.2) is 0 Å².